The van der Waals surface area contributed by atoms with Crippen LogP contribution in [0.15, 0.2) is 24.4 Å². The van der Waals surface area contributed by atoms with E-state index in [4.69, 9.17) is 11.5 Å². The molecule has 1 amide bonds. The second-order valence-corrected chi connectivity index (χ2v) is 9.60. The third-order valence-corrected chi connectivity index (χ3v) is 7.14. The number of piperidine rings is 1. The number of pyridine rings is 1. The van der Waals surface area contributed by atoms with Gasteiger partial charge >= 0.3 is 0 Å². The van der Waals surface area contributed by atoms with Gasteiger partial charge in [-0.1, -0.05) is 17.4 Å². The van der Waals surface area contributed by atoms with Crippen LogP contribution in [0.3, 0.4) is 0 Å². The molecule has 2 atom stereocenters. The number of fused-ring (bicyclic) bond motifs is 1. The first-order valence-corrected chi connectivity index (χ1v) is 11.9. The first-order chi connectivity index (χ1) is 16.3. The number of thiazole rings is 1. The van der Waals surface area contributed by atoms with E-state index in [-0.39, 0.29) is 27.3 Å². The molecule has 1 fully saturated rings. The number of carbonyl (C=O) groups is 1. The van der Waals surface area contributed by atoms with Crippen LogP contribution in [0.1, 0.15) is 47.1 Å². The third-order valence-electron chi connectivity index (χ3n) is 6.23. The second kappa shape index (κ2) is 8.90. The highest BCUT2D eigenvalue weighted by Gasteiger charge is 2.31. The standard InChI is InChI=1S/C23H24F2N6O2S/c24-13-4-1-5-14(25)17(13)23-30-19(21(27)34-23)22(33)29-15-9-28-18-12(6-7-16(18)32)20(15)31-8-2-3-11(26)10-31/h1,4-5,9,11,16,32H,2-3,6-8,10,26-27H2,(H,29,33)/t11?,16-/m0/s1. The van der Waals surface area contributed by atoms with Crippen molar-refractivity contribution in [3.63, 3.8) is 0 Å². The average molecular weight is 487 g/mol. The summed E-state index contributed by atoms with van der Waals surface area (Å²) in [5.41, 5.74) is 14.5. The number of aliphatic hydroxyl groups excluding tert-OH is 1. The molecule has 8 nitrogen and oxygen atoms in total. The van der Waals surface area contributed by atoms with Gasteiger partial charge in [0.1, 0.15) is 21.6 Å². The number of nitrogens with two attached hydrogens (primary N) is 2. The van der Waals surface area contributed by atoms with Crippen LogP contribution in [0.4, 0.5) is 25.2 Å². The number of halogens is 2. The van der Waals surface area contributed by atoms with Gasteiger partial charge in [0.2, 0.25) is 0 Å². The van der Waals surface area contributed by atoms with E-state index in [1.165, 1.54) is 12.3 Å². The zero-order valence-corrected chi connectivity index (χ0v) is 19.0. The minimum absolute atomic E-state index is 0.000137. The zero-order valence-electron chi connectivity index (χ0n) is 18.2. The molecule has 1 aliphatic carbocycles. The van der Waals surface area contributed by atoms with Crippen LogP contribution < -0.4 is 21.7 Å². The topological polar surface area (TPSA) is 130 Å². The molecular formula is C23H24F2N6O2S. The van der Waals surface area contributed by atoms with Crippen LogP contribution >= 0.6 is 11.3 Å². The summed E-state index contributed by atoms with van der Waals surface area (Å²) in [6, 6.07) is 3.50. The number of nitrogens with zero attached hydrogens (tertiary/aromatic N) is 3. The summed E-state index contributed by atoms with van der Waals surface area (Å²) in [6.07, 6.45) is 3.88. The molecule has 2 aliphatic rings. The molecule has 0 saturated carbocycles. The quantitative estimate of drug-likeness (QED) is 0.445. The normalized spacial score (nSPS) is 19.8. The SMILES string of the molecule is Nc1sc(-c2c(F)cccc2F)nc1C(=O)Nc1cnc2c(c1N1CCCC(N)C1)CC[C@@H]2O. The maximum atomic E-state index is 14.2. The highest BCUT2D eigenvalue weighted by molar-refractivity contribution is 7.19. The monoisotopic (exact) mass is 486 g/mol. The van der Waals surface area contributed by atoms with Gasteiger partial charge in [-0.2, -0.15) is 0 Å². The van der Waals surface area contributed by atoms with Crippen molar-refractivity contribution in [2.75, 3.05) is 29.0 Å². The van der Waals surface area contributed by atoms with Crippen molar-refractivity contribution in [2.24, 2.45) is 5.73 Å². The molecule has 3 aromatic rings. The summed E-state index contributed by atoms with van der Waals surface area (Å²) in [6.45, 7) is 1.38. The lowest BCUT2D eigenvalue weighted by Gasteiger charge is -2.35. The molecule has 34 heavy (non-hydrogen) atoms. The summed E-state index contributed by atoms with van der Waals surface area (Å²) in [5.74, 6) is -2.18. The number of hydrogen-bond acceptors (Lipinski definition) is 8. The van der Waals surface area contributed by atoms with E-state index in [2.05, 4.69) is 20.2 Å². The van der Waals surface area contributed by atoms with Gasteiger partial charge < -0.3 is 26.8 Å². The van der Waals surface area contributed by atoms with E-state index in [1.54, 1.807) is 0 Å². The van der Waals surface area contributed by atoms with Gasteiger partial charge in [-0.15, -0.1) is 0 Å². The highest BCUT2D eigenvalue weighted by atomic mass is 32.1. The Morgan fingerprint density at radius 1 is 1.26 bits per heavy atom. The lowest BCUT2D eigenvalue weighted by atomic mass is 10.0. The third kappa shape index (κ3) is 3.99. The van der Waals surface area contributed by atoms with E-state index in [0.717, 1.165) is 54.1 Å². The largest absolute Gasteiger partial charge is 0.389 e. The number of aliphatic hydroxyl groups is 1. The lowest BCUT2D eigenvalue weighted by molar-refractivity contribution is 0.102. The first-order valence-electron chi connectivity index (χ1n) is 11.1. The van der Waals surface area contributed by atoms with E-state index in [9.17, 15) is 18.7 Å². The Kier molecular flexibility index (Phi) is 5.92. The Hall–Kier alpha value is -3.15. The molecule has 178 valence electrons. The maximum Gasteiger partial charge on any atom is 0.277 e. The molecular weight excluding hydrogens is 462 g/mol. The molecule has 5 rings (SSSR count). The summed E-state index contributed by atoms with van der Waals surface area (Å²) in [4.78, 5) is 23.8. The van der Waals surface area contributed by atoms with Gasteiger partial charge in [0, 0.05) is 24.7 Å². The van der Waals surface area contributed by atoms with Crippen molar-refractivity contribution in [3.05, 3.63) is 53.0 Å². The number of aromatic nitrogens is 2. The Morgan fingerprint density at radius 3 is 2.76 bits per heavy atom. The number of nitrogens with one attached hydrogen (secondary N) is 1. The Bertz CT molecular complexity index is 1250. The fourth-order valence-corrected chi connectivity index (χ4v) is 5.54. The molecule has 0 radical (unpaired) electrons. The Labute approximate surface area is 198 Å². The van der Waals surface area contributed by atoms with Gasteiger partial charge in [-0.05, 0) is 37.8 Å². The van der Waals surface area contributed by atoms with Gasteiger partial charge in [-0.3, -0.25) is 9.78 Å². The number of rotatable bonds is 4. The van der Waals surface area contributed by atoms with E-state index >= 15 is 0 Å². The fraction of sp³-hybridized carbons (Fsp3) is 0.348. The van der Waals surface area contributed by atoms with Crippen molar-refractivity contribution in [2.45, 2.75) is 37.8 Å². The number of hydrogen-bond donors (Lipinski definition) is 4. The van der Waals surface area contributed by atoms with Gasteiger partial charge in [0.05, 0.1) is 34.9 Å². The summed E-state index contributed by atoms with van der Waals surface area (Å²) in [5, 5.41) is 13.2. The molecule has 1 unspecified atom stereocenters. The minimum Gasteiger partial charge on any atom is -0.389 e. The maximum absolute atomic E-state index is 14.2. The predicted molar refractivity (Wildman–Crippen MR) is 127 cm³/mol. The highest BCUT2D eigenvalue weighted by Crippen LogP contribution is 2.41. The Balaban J connectivity index is 1.50. The first kappa shape index (κ1) is 22.6. The van der Waals surface area contributed by atoms with Crippen molar-refractivity contribution in [3.8, 4) is 10.6 Å². The number of amides is 1. The molecule has 0 bridgehead atoms. The van der Waals surface area contributed by atoms with Crippen LogP contribution in [0.2, 0.25) is 0 Å². The lowest BCUT2D eigenvalue weighted by Crippen LogP contribution is -2.43. The van der Waals surface area contributed by atoms with Crippen LogP contribution in [0.25, 0.3) is 10.6 Å². The number of benzene rings is 1. The molecule has 1 saturated heterocycles. The fourth-order valence-electron chi connectivity index (χ4n) is 4.66. The molecule has 1 aromatic carbocycles. The predicted octanol–water partition coefficient (Wildman–Crippen LogP) is 3.22. The number of anilines is 3. The van der Waals surface area contributed by atoms with E-state index in [0.29, 0.717) is 30.8 Å². The van der Waals surface area contributed by atoms with Crippen LogP contribution in [0.5, 0.6) is 0 Å². The average Bonchev–Trinajstić information content (AvgIpc) is 3.36. The Morgan fingerprint density at radius 2 is 2.03 bits per heavy atom. The minimum atomic E-state index is -0.786. The molecule has 3 heterocycles. The molecule has 11 heteroatoms. The van der Waals surface area contributed by atoms with Crippen LogP contribution in [0, 0.1) is 11.6 Å². The molecule has 1 aliphatic heterocycles. The van der Waals surface area contributed by atoms with E-state index in [1.807, 2.05) is 0 Å². The van der Waals surface area contributed by atoms with Crippen LogP contribution in [-0.2, 0) is 6.42 Å². The van der Waals surface area contributed by atoms with Crippen LogP contribution in [-0.4, -0.2) is 40.1 Å². The van der Waals surface area contributed by atoms with E-state index < -0.39 is 23.6 Å². The molecule has 6 N–H and O–H groups in total. The van der Waals surface area contributed by atoms with Crippen molar-refractivity contribution in [1.82, 2.24) is 9.97 Å². The molecule has 2 aromatic heterocycles. The zero-order chi connectivity index (χ0) is 24.0. The van der Waals surface area contributed by atoms with Gasteiger partial charge in [0.15, 0.2) is 5.69 Å². The number of carbonyl (C=O) groups excluding carboxylic acids is 1. The summed E-state index contributed by atoms with van der Waals surface area (Å²) >= 11 is 0.838. The van der Waals surface area contributed by atoms with Crippen molar-refractivity contribution >= 4 is 33.6 Å². The smallest absolute Gasteiger partial charge is 0.277 e. The number of nitrogen functional groups attached to an aromatic ring is 1. The van der Waals surface area contributed by atoms with Gasteiger partial charge in [0.25, 0.3) is 5.91 Å². The second-order valence-electron chi connectivity index (χ2n) is 8.57. The summed E-state index contributed by atoms with van der Waals surface area (Å²) < 4.78 is 28.4. The summed E-state index contributed by atoms with van der Waals surface area (Å²) in [7, 11) is 0. The van der Waals surface area contributed by atoms with Gasteiger partial charge in [-0.25, -0.2) is 13.8 Å². The van der Waals surface area contributed by atoms with Crippen molar-refractivity contribution in [1.29, 1.82) is 0 Å². The van der Waals surface area contributed by atoms with Crippen molar-refractivity contribution < 1.29 is 18.7 Å². The molecule has 0 spiro atoms.